The van der Waals surface area contributed by atoms with Gasteiger partial charge in [-0.05, 0) is 60.1 Å². The number of hydrogen-bond acceptors (Lipinski definition) is 5. The maximum atomic E-state index is 12.6. The van der Waals surface area contributed by atoms with E-state index >= 15 is 0 Å². The van der Waals surface area contributed by atoms with Gasteiger partial charge in [0.1, 0.15) is 0 Å². The van der Waals surface area contributed by atoms with Crippen LogP contribution in [0.3, 0.4) is 0 Å². The van der Waals surface area contributed by atoms with Gasteiger partial charge in [0.25, 0.3) is 0 Å². The molecule has 7 nitrogen and oxygen atoms in total. The zero-order valence-corrected chi connectivity index (χ0v) is 19.8. The summed E-state index contributed by atoms with van der Waals surface area (Å²) >= 11 is 0. The first-order chi connectivity index (χ1) is 16.9. The summed E-state index contributed by atoms with van der Waals surface area (Å²) in [5, 5.41) is 3.02. The number of aryl methyl sites for hydroxylation is 1. The van der Waals surface area contributed by atoms with Crippen LogP contribution in [0.1, 0.15) is 12.0 Å². The van der Waals surface area contributed by atoms with Crippen LogP contribution in [0.2, 0.25) is 0 Å². The lowest BCUT2D eigenvalue weighted by atomic mass is 9.89. The van der Waals surface area contributed by atoms with E-state index in [9.17, 15) is 18.0 Å². The van der Waals surface area contributed by atoms with Gasteiger partial charge in [-0.2, -0.15) is 0 Å². The maximum Gasteiger partial charge on any atom is 0.233 e. The van der Waals surface area contributed by atoms with Crippen molar-refractivity contribution < 1.29 is 18.0 Å². The van der Waals surface area contributed by atoms with Gasteiger partial charge in [0.2, 0.25) is 15.9 Å². The summed E-state index contributed by atoms with van der Waals surface area (Å²) in [6, 6.07) is 16.5. The molecule has 1 unspecified atom stereocenters. The molecule has 1 amide bonds. The molecule has 0 bridgehead atoms. The van der Waals surface area contributed by atoms with Crippen LogP contribution in [0, 0.1) is 0 Å². The Morgan fingerprint density at radius 1 is 0.971 bits per heavy atom. The second-order valence-electron chi connectivity index (χ2n) is 8.66. The third-order valence-corrected chi connectivity index (χ3v) is 7.52. The Bertz CT molecular complexity index is 1390. The zero-order chi connectivity index (χ0) is 24.4. The van der Waals surface area contributed by atoms with E-state index in [1.54, 1.807) is 24.3 Å². The SMILES string of the molecule is O=C1C=CC2=C3NC(=O)CCN(c4ccc(NS(=O)(=O)CCc5ccccc5)cc4)C3C=CC2=C1. The number of fused-ring (bicyclic) bond motifs is 2. The van der Waals surface area contributed by atoms with E-state index < -0.39 is 10.0 Å². The summed E-state index contributed by atoms with van der Waals surface area (Å²) in [5.41, 5.74) is 4.69. The van der Waals surface area contributed by atoms with E-state index in [1.165, 1.54) is 6.08 Å². The highest BCUT2D eigenvalue weighted by Gasteiger charge is 2.32. The number of hydrogen-bond donors (Lipinski definition) is 2. The molecule has 0 aromatic heterocycles. The summed E-state index contributed by atoms with van der Waals surface area (Å²) in [6.45, 7) is 0.501. The lowest BCUT2D eigenvalue weighted by Gasteiger charge is -2.34. The molecular weight excluding hydrogens is 462 g/mol. The first-order valence-electron chi connectivity index (χ1n) is 11.5. The lowest BCUT2D eigenvalue weighted by molar-refractivity contribution is -0.120. The van der Waals surface area contributed by atoms with Crippen molar-refractivity contribution in [2.45, 2.75) is 18.9 Å². The molecule has 0 saturated carbocycles. The van der Waals surface area contributed by atoms with Gasteiger partial charge in [-0.25, -0.2) is 8.42 Å². The Kier molecular flexibility index (Phi) is 6.13. The van der Waals surface area contributed by atoms with Crippen molar-refractivity contribution in [3.63, 3.8) is 0 Å². The Morgan fingerprint density at radius 3 is 2.51 bits per heavy atom. The van der Waals surface area contributed by atoms with Gasteiger partial charge < -0.3 is 10.2 Å². The highest BCUT2D eigenvalue weighted by molar-refractivity contribution is 7.92. The van der Waals surface area contributed by atoms with E-state index in [4.69, 9.17) is 0 Å². The topological polar surface area (TPSA) is 95.6 Å². The number of ketones is 1. The Labute approximate surface area is 204 Å². The molecule has 3 aliphatic rings. The van der Waals surface area contributed by atoms with Crippen molar-refractivity contribution in [2.75, 3.05) is 21.9 Å². The summed E-state index contributed by atoms with van der Waals surface area (Å²) in [7, 11) is -3.50. The van der Waals surface area contributed by atoms with Gasteiger partial charge in [0.05, 0.1) is 17.5 Å². The maximum absolute atomic E-state index is 12.6. The van der Waals surface area contributed by atoms with Gasteiger partial charge in [0.15, 0.2) is 5.78 Å². The second-order valence-corrected chi connectivity index (χ2v) is 10.5. The molecule has 35 heavy (non-hydrogen) atoms. The highest BCUT2D eigenvalue weighted by Crippen LogP contribution is 2.33. The fourth-order valence-corrected chi connectivity index (χ4v) is 5.59. The molecule has 8 heteroatoms. The number of carbonyl (C=O) groups excluding carboxylic acids is 2. The fraction of sp³-hybridized carbons (Fsp3) is 0.185. The fourth-order valence-electron chi connectivity index (χ4n) is 4.49. The first-order valence-corrected chi connectivity index (χ1v) is 13.1. The third-order valence-electron chi connectivity index (χ3n) is 6.23. The number of anilines is 2. The summed E-state index contributed by atoms with van der Waals surface area (Å²) in [4.78, 5) is 26.3. The van der Waals surface area contributed by atoms with E-state index in [0.717, 1.165) is 28.1 Å². The lowest BCUT2D eigenvalue weighted by Crippen LogP contribution is -2.39. The van der Waals surface area contributed by atoms with E-state index in [2.05, 4.69) is 14.9 Å². The van der Waals surface area contributed by atoms with Gasteiger partial charge in [-0.3, -0.25) is 14.3 Å². The molecular formula is C27H25N3O4S. The summed E-state index contributed by atoms with van der Waals surface area (Å²) < 4.78 is 27.8. The van der Waals surface area contributed by atoms with Crippen LogP contribution in [0.15, 0.2) is 102 Å². The van der Waals surface area contributed by atoms with Crippen LogP contribution >= 0.6 is 0 Å². The van der Waals surface area contributed by atoms with Crippen molar-refractivity contribution in [3.8, 4) is 0 Å². The minimum absolute atomic E-state index is 0.00561. The van der Waals surface area contributed by atoms with Crippen LogP contribution in [-0.2, 0) is 26.0 Å². The molecule has 178 valence electrons. The Balaban J connectivity index is 1.34. The number of nitrogens with one attached hydrogen (secondary N) is 2. The predicted octanol–water partition coefficient (Wildman–Crippen LogP) is 3.26. The van der Waals surface area contributed by atoms with Gasteiger partial charge >= 0.3 is 0 Å². The average Bonchev–Trinajstić information content (AvgIpc) is 3.02. The monoisotopic (exact) mass is 487 g/mol. The predicted molar refractivity (Wildman–Crippen MR) is 136 cm³/mol. The Morgan fingerprint density at radius 2 is 1.74 bits per heavy atom. The smallest absolute Gasteiger partial charge is 0.233 e. The number of carbonyl (C=O) groups is 2. The second kappa shape index (κ2) is 9.38. The van der Waals surface area contributed by atoms with Crippen LogP contribution < -0.4 is 14.9 Å². The van der Waals surface area contributed by atoms with Crippen LogP contribution in [-0.4, -0.2) is 38.4 Å². The van der Waals surface area contributed by atoms with Crippen LogP contribution in [0.4, 0.5) is 11.4 Å². The normalized spacial score (nSPS) is 19.5. The minimum atomic E-state index is -3.50. The summed E-state index contributed by atoms with van der Waals surface area (Å²) in [6.07, 6.45) is 9.45. The number of rotatable bonds is 6. The van der Waals surface area contributed by atoms with Crippen molar-refractivity contribution >= 4 is 33.1 Å². The van der Waals surface area contributed by atoms with Gasteiger partial charge in [-0.1, -0.05) is 42.5 Å². The molecule has 1 fully saturated rings. The number of nitrogens with zero attached hydrogens (tertiary/aromatic N) is 1. The molecule has 1 atom stereocenters. The highest BCUT2D eigenvalue weighted by atomic mass is 32.2. The van der Waals surface area contributed by atoms with Gasteiger partial charge in [0, 0.05) is 29.9 Å². The quantitative estimate of drug-likeness (QED) is 0.652. The van der Waals surface area contributed by atoms with Crippen molar-refractivity contribution in [1.29, 1.82) is 0 Å². The average molecular weight is 488 g/mol. The summed E-state index contributed by atoms with van der Waals surface area (Å²) in [5.74, 6) is -0.164. The molecule has 5 rings (SSSR count). The first kappa shape index (κ1) is 22.9. The zero-order valence-electron chi connectivity index (χ0n) is 19.0. The minimum Gasteiger partial charge on any atom is -0.359 e. The third kappa shape index (κ3) is 5.12. The molecule has 2 aliphatic carbocycles. The largest absolute Gasteiger partial charge is 0.359 e. The van der Waals surface area contributed by atoms with E-state index in [-0.39, 0.29) is 23.5 Å². The number of sulfonamides is 1. The molecule has 1 heterocycles. The number of amides is 1. The van der Waals surface area contributed by atoms with Crippen LogP contribution in [0.5, 0.6) is 0 Å². The molecule has 2 aromatic carbocycles. The molecule has 2 aromatic rings. The van der Waals surface area contributed by atoms with E-state index in [1.807, 2.05) is 54.6 Å². The van der Waals surface area contributed by atoms with Gasteiger partial charge in [-0.15, -0.1) is 0 Å². The molecule has 0 radical (unpaired) electrons. The standard InChI is InChI=1S/C27H25N3O4S/c31-23-11-12-24-20(18-23)6-13-25-27(24)28-26(32)14-16-30(25)22-9-7-21(8-10-22)29-35(33,34)17-15-19-4-2-1-3-5-19/h1-13,18,25,29H,14-17H2,(H,28,32). The molecule has 1 aliphatic heterocycles. The van der Waals surface area contributed by atoms with Crippen molar-refractivity contribution in [2.24, 2.45) is 0 Å². The van der Waals surface area contributed by atoms with E-state index in [0.29, 0.717) is 25.1 Å². The molecule has 0 spiro atoms. The van der Waals surface area contributed by atoms with Crippen molar-refractivity contribution in [1.82, 2.24) is 5.32 Å². The Hall–Kier alpha value is -3.91. The number of allylic oxidation sites excluding steroid dienone is 6. The molecule has 2 N–H and O–H groups in total. The molecule has 1 saturated heterocycles. The number of benzene rings is 2. The van der Waals surface area contributed by atoms with Crippen molar-refractivity contribution in [3.05, 3.63) is 107 Å². The van der Waals surface area contributed by atoms with Crippen LogP contribution in [0.25, 0.3) is 0 Å².